The molecule has 0 saturated carbocycles. The minimum absolute atomic E-state index is 0.00343. The molecule has 2 rings (SSSR count). The lowest BCUT2D eigenvalue weighted by atomic mass is 9.88. The van der Waals surface area contributed by atoms with E-state index in [1.807, 2.05) is 30.3 Å². The largest absolute Gasteiger partial charge is 0.342 e. The van der Waals surface area contributed by atoms with Crippen LogP contribution in [0.4, 0.5) is 0 Å². The summed E-state index contributed by atoms with van der Waals surface area (Å²) >= 11 is 12.6. The lowest BCUT2D eigenvalue weighted by Gasteiger charge is -2.19. The van der Waals surface area contributed by atoms with E-state index >= 15 is 0 Å². The molecule has 0 saturated heterocycles. The molecule has 0 spiro atoms. The molecule has 25 heavy (non-hydrogen) atoms. The molecule has 0 radical (unpaired) electrons. The molecule has 3 nitrogen and oxygen atoms in total. The van der Waals surface area contributed by atoms with Crippen LogP contribution in [0.25, 0.3) is 11.1 Å². The van der Waals surface area contributed by atoms with Gasteiger partial charge < -0.3 is 5.32 Å². The summed E-state index contributed by atoms with van der Waals surface area (Å²) < 4.78 is 0. The number of nitriles is 1. The molecule has 2 aromatic carbocycles. The molecule has 5 heteroatoms. The smallest absolute Gasteiger partial charge is 0.228 e. The van der Waals surface area contributed by atoms with Crippen LogP contribution >= 0.6 is 23.2 Å². The van der Waals surface area contributed by atoms with Gasteiger partial charge in [0.2, 0.25) is 5.91 Å². The summed E-state index contributed by atoms with van der Waals surface area (Å²) in [6.07, 6.45) is 0.691. The van der Waals surface area contributed by atoms with Crippen molar-refractivity contribution in [3.63, 3.8) is 0 Å². The molecule has 0 heterocycles. The van der Waals surface area contributed by atoms with Crippen LogP contribution in [0, 0.1) is 17.2 Å². The van der Waals surface area contributed by atoms with Crippen LogP contribution in [0.15, 0.2) is 42.5 Å². The maximum absolute atomic E-state index is 12.5. The fraction of sp³-hybridized carbons (Fsp3) is 0.300. The average Bonchev–Trinajstić information content (AvgIpc) is 2.57. The number of hydrogen-bond acceptors (Lipinski definition) is 2. The minimum atomic E-state index is -0.324. The van der Waals surface area contributed by atoms with Gasteiger partial charge in [0.15, 0.2) is 0 Å². The van der Waals surface area contributed by atoms with E-state index in [0.717, 1.165) is 16.7 Å². The molecule has 0 aliphatic rings. The summed E-state index contributed by atoms with van der Waals surface area (Å²) in [5.41, 5.74) is 2.51. The molecule has 0 aliphatic carbocycles. The molecular weight excluding hydrogens is 355 g/mol. The Morgan fingerprint density at radius 3 is 2.40 bits per heavy atom. The number of benzene rings is 2. The van der Waals surface area contributed by atoms with Gasteiger partial charge in [-0.3, -0.25) is 4.79 Å². The van der Waals surface area contributed by atoms with Gasteiger partial charge in [0.05, 0.1) is 12.0 Å². The van der Waals surface area contributed by atoms with Gasteiger partial charge in [-0.05, 0) is 35.6 Å². The van der Waals surface area contributed by atoms with Gasteiger partial charge >= 0.3 is 0 Å². The van der Waals surface area contributed by atoms with Crippen molar-refractivity contribution in [3.05, 3.63) is 58.1 Å². The Morgan fingerprint density at radius 1 is 1.16 bits per heavy atom. The molecule has 2 aromatic rings. The van der Waals surface area contributed by atoms with Gasteiger partial charge in [0.1, 0.15) is 6.54 Å². The lowest BCUT2D eigenvalue weighted by Crippen LogP contribution is -2.30. The molecule has 0 aromatic heterocycles. The molecule has 1 amide bonds. The van der Waals surface area contributed by atoms with E-state index in [4.69, 9.17) is 28.5 Å². The number of nitrogens with zero attached hydrogens (tertiary/aromatic N) is 1. The van der Waals surface area contributed by atoms with Gasteiger partial charge in [-0.1, -0.05) is 67.4 Å². The van der Waals surface area contributed by atoms with Gasteiger partial charge in [-0.25, -0.2) is 0 Å². The summed E-state index contributed by atoms with van der Waals surface area (Å²) in [5.74, 6) is -0.127. The molecule has 1 atom stereocenters. The fourth-order valence-corrected chi connectivity index (χ4v) is 3.42. The first-order valence-corrected chi connectivity index (χ1v) is 8.88. The van der Waals surface area contributed by atoms with Crippen molar-refractivity contribution in [1.29, 1.82) is 5.26 Å². The van der Waals surface area contributed by atoms with Gasteiger partial charge in [0.25, 0.3) is 0 Å². The first-order chi connectivity index (χ1) is 11.9. The maximum atomic E-state index is 12.5. The van der Waals surface area contributed by atoms with Gasteiger partial charge in [-0.2, -0.15) is 5.26 Å². The van der Waals surface area contributed by atoms with E-state index in [2.05, 4.69) is 19.2 Å². The van der Waals surface area contributed by atoms with Crippen molar-refractivity contribution >= 4 is 29.1 Å². The SMILES string of the molecule is CC(C)C[C@@H](C(=O)NCC#N)c1cccc(-c2c(Cl)cccc2Cl)c1. The Hall–Kier alpha value is -2.02. The average molecular weight is 375 g/mol. The highest BCUT2D eigenvalue weighted by Gasteiger charge is 2.22. The number of rotatable bonds is 6. The number of carbonyl (C=O) groups excluding carboxylic acids is 1. The van der Waals surface area contributed by atoms with E-state index in [0.29, 0.717) is 22.4 Å². The fourth-order valence-electron chi connectivity index (χ4n) is 2.80. The normalized spacial score (nSPS) is 11.8. The van der Waals surface area contributed by atoms with Crippen LogP contribution < -0.4 is 5.32 Å². The lowest BCUT2D eigenvalue weighted by molar-refractivity contribution is -0.122. The van der Waals surface area contributed by atoms with Crippen molar-refractivity contribution in [1.82, 2.24) is 5.32 Å². The highest BCUT2D eigenvalue weighted by Crippen LogP contribution is 2.36. The predicted molar refractivity (Wildman–Crippen MR) is 103 cm³/mol. The van der Waals surface area contributed by atoms with Gasteiger partial charge in [-0.15, -0.1) is 0 Å². The molecule has 0 aliphatic heterocycles. The van der Waals surface area contributed by atoms with Crippen LogP contribution in [-0.2, 0) is 4.79 Å². The summed E-state index contributed by atoms with van der Waals surface area (Å²) in [5, 5.41) is 12.5. The van der Waals surface area contributed by atoms with Crippen molar-refractivity contribution in [2.45, 2.75) is 26.2 Å². The van der Waals surface area contributed by atoms with E-state index in [9.17, 15) is 4.79 Å². The van der Waals surface area contributed by atoms with Crippen LogP contribution in [0.3, 0.4) is 0 Å². The summed E-state index contributed by atoms with van der Waals surface area (Å²) in [7, 11) is 0. The number of amides is 1. The predicted octanol–water partition coefficient (Wildman–Crippen LogP) is 5.43. The number of nitrogens with one attached hydrogen (secondary N) is 1. The van der Waals surface area contributed by atoms with Crippen LogP contribution in [-0.4, -0.2) is 12.5 Å². The zero-order valence-electron chi connectivity index (χ0n) is 14.2. The zero-order chi connectivity index (χ0) is 18.4. The third-order valence-electron chi connectivity index (χ3n) is 3.91. The third kappa shape index (κ3) is 4.98. The molecule has 0 fully saturated rings. The highest BCUT2D eigenvalue weighted by molar-refractivity contribution is 6.39. The molecule has 0 unspecified atom stereocenters. The zero-order valence-corrected chi connectivity index (χ0v) is 15.7. The third-order valence-corrected chi connectivity index (χ3v) is 4.54. The van der Waals surface area contributed by atoms with E-state index < -0.39 is 0 Å². The Labute approximate surface area is 158 Å². The maximum Gasteiger partial charge on any atom is 0.228 e. The topological polar surface area (TPSA) is 52.9 Å². The highest BCUT2D eigenvalue weighted by atomic mass is 35.5. The summed E-state index contributed by atoms with van der Waals surface area (Å²) in [6.45, 7) is 4.14. The van der Waals surface area contributed by atoms with E-state index in [1.54, 1.807) is 18.2 Å². The summed E-state index contributed by atoms with van der Waals surface area (Å²) in [6, 6.07) is 15.0. The van der Waals surface area contributed by atoms with Gasteiger partial charge in [0, 0.05) is 15.6 Å². The second kappa shape index (κ2) is 8.89. The molecular formula is C20H20Cl2N2O. The Balaban J connectivity index is 2.43. The van der Waals surface area contributed by atoms with Crippen LogP contribution in [0.1, 0.15) is 31.7 Å². The molecule has 130 valence electrons. The van der Waals surface area contributed by atoms with Crippen molar-refractivity contribution in [2.75, 3.05) is 6.54 Å². The number of hydrogen-bond donors (Lipinski definition) is 1. The quantitative estimate of drug-likeness (QED) is 0.685. The van der Waals surface area contributed by atoms with Crippen molar-refractivity contribution in [3.8, 4) is 17.2 Å². The minimum Gasteiger partial charge on any atom is -0.342 e. The van der Waals surface area contributed by atoms with Crippen molar-refractivity contribution < 1.29 is 4.79 Å². The first-order valence-electron chi connectivity index (χ1n) is 8.13. The number of halogens is 2. The van der Waals surface area contributed by atoms with E-state index in [-0.39, 0.29) is 18.4 Å². The second-order valence-corrected chi connectivity index (χ2v) is 7.09. The standard InChI is InChI=1S/C20H20Cl2N2O/c1-13(2)11-16(20(25)24-10-9-23)14-5-3-6-15(12-14)19-17(21)7-4-8-18(19)22/h3-8,12-13,16H,10-11H2,1-2H3,(H,24,25)/t16-/m1/s1. The van der Waals surface area contributed by atoms with E-state index in [1.165, 1.54) is 0 Å². The Morgan fingerprint density at radius 2 is 1.80 bits per heavy atom. The number of carbonyl (C=O) groups is 1. The Bertz CT molecular complexity index is 776. The van der Waals surface area contributed by atoms with Crippen LogP contribution in [0.2, 0.25) is 10.0 Å². The summed E-state index contributed by atoms with van der Waals surface area (Å²) in [4.78, 5) is 12.5. The molecule has 0 bridgehead atoms. The second-order valence-electron chi connectivity index (χ2n) is 6.28. The van der Waals surface area contributed by atoms with Crippen molar-refractivity contribution in [2.24, 2.45) is 5.92 Å². The monoisotopic (exact) mass is 374 g/mol. The Kier molecular flexibility index (Phi) is 6.87. The van der Waals surface area contributed by atoms with Crippen LogP contribution in [0.5, 0.6) is 0 Å². The first kappa shape index (κ1) is 19.3. The molecule has 1 N–H and O–H groups in total.